The lowest BCUT2D eigenvalue weighted by Gasteiger charge is -2.17. The second-order valence-corrected chi connectivity index (χ2v) is 6.11. The Hall–Kier alpha value is -1.38. The Morgan fingerprint density at radius 2 is 1.95 bits per heavy atom. The molecule has 0 amide bonds. The molecule has 102 valence electrons. The topological polar surface area (TPSA) is 35.8 Å². The van der Waals surface area contributed by atoms with Crippen molar-refractivity contribution in [3.8, 4) is 6.07 Å². The molecule has 20 heavy (non-hydrogen) atoms. The van der Waals surface area contributed by atoms with Crippen LogP contribution < -0.4 is 5.32 Å². The second kappa shape index (κ2) is 6.38. The average molecular weight is 398 g/mol. The summed E-state index contributed by atoms with van der Waals surface area (Å²) in [6.07, 6.45) is 0. The molecule has 0 aromatic heterocycles. The highest BCUT2D eigenvalue weighted by Gasteiger charge is 2.12. The first-order valence-electron chi connectivity index (χ1n) is 5.92. The van der Waals surface area contributed by atoms with Crippen molar-refractivity contribution in [3.63, 3.8) is 0 Å². The molecule has 0 radical (unpaired) electrons. The fourth-order valence-corrected chi connectivity index (χ4v) is 2.69. The van der Waals surface area contributed by atoms with E-state index in [1.165, 1.54) is 6.07 Å². The van der Waals surface area contributed by atoms with Crippen LogP contribution in [0.4, 0.5) is 10.1 Å². The second-order valence-electron chi connectivity index (χ2n) is 4.34. The normalized spacial score (nSPS) is 11.8. The standard InChI is InChI=1S/C15H11Br2FN2/c1-9(12-4-3-11(16)7-14(12)18)20-15-5-2-10(8-19)6-13(15)17/h2-7,9,20H,1H3. The van der Waals surface area contributed by atoms with E-state index in [1.807, 2.05) is 13.0 Å². The summed E-state index contributed by atoms with van der Waals surface area (Å²) in [6, 6.07) is 12.1. The van der Waals surface area contributed by atoms with Crippen LogP contribution in [0.2, 0.25) is 0 Å². The molecule has 1 atom stereocenters. The minimum Gasteiger partial charge on any atom is -0.377 e. The first-order chi connectivity index (χ1) is 9.51. The zero-order valence-corrected chi connectivity index (χ0v) is 13.8. The van der Waals surface area contributed by atoms with E-state index in [-0.39, 0.29) is 11.9 Å². The third-order valence-electron chi connectivity index (χ3n) is 2.90. The van der Waals surface area contributed by atoms with Gasteiger partial charge in [-0.1, -0.05) is 22.0 Å². The van der Waals surface area contributed by atoms with Crippen molar-refractivity contribution in [2.24, 2.45) is 0 Å². The van der Waals surface area contributed by atoms with Gasteiger partial charge < -0.3 is 5.32 Å². The maximum atomic E-state index is 13.9. The Morgan fingerprint density at radius 3 is 2.55 bits per heavy atom. The number of hydrogen-bond donors (Lipinski definition) is 1. The largest absolute Gasteiger partial charge is 0.377 e. The molecule has 2 aromatic carbocycles. The smallest absolute Gasteiger partial charge is 0.129 e. The number of nitrogens with one attached hydrogen (secondary N) is 1. The van der Waals surface area contributed by atoms with Gasteiger partial charge in [0.05, 0.1) is 17.7 Å². The minimum absolute atomic E-state index is 0.188. The first-order valence-corrected chi connectivity index (χ1v) is 7.51. The highest BCUT2D eigenvalue weighted by molar-refractivity contribution is 9.10. The molecule has 0 aliphatic carbocycles. The van der Waals surface area contributed by atoms with Crippen LogP contribution >= 0.6 is 31.9 Å². The van der Waals surface area contributed by atoms with E-state index in [0.717, 1.165) is 10.2 Å². The van der Waals surface area contributed by atoms with Gasteiger partial charge in [0.25, 0.3) is 0 Å². The SMILES string of the molecule is CC(Nc1ccc(C#N)cc1Br)c1ccc(Br)cc1F. The molecule has 5 heteroatoms. The van der Waals surface area contributed by atoms with Crippen LogP contribution in [-0.2, 0) is 0 Å². The summed E-state index contributed by atoms with van der Waals surface area (Å²) in [7, 11) is 0. The fraction of sp³-hybridized carbons (Fsp3) is 0.133. The predicted molar refractivity (Wildman–Crippen MR) is 85.0 cm³/mol. The first kappa shape index (κ1) is 15.0. The Morgan fingerprint density at radius 1 is 1.20 bits per heavy atom. The van der Waals surface area contributed by atoms with Crippen molar-refractivity contribution < 1.29 is 4.39 Å². The number of nitriles is 1. The lowest BCUT2D eigenvalue weighted by atomic mass is 10.1. The molecule has 1 N–H and O–H groups in total. The highest BCUT2D eigenvalue weighted by Crippen LogP contribution is 2.29. The molecule has 2 rings (SSSR count). The zero-order chi connectivity index (χ0) is 14.7. The number of hydrogen-bond acceptors (Lipinski definition) is 2. The molecule has 0 heterocycles. The van der Waals surface area contributed by atoms with Gasteiger partial charge in [0.2, 0.25) is 0 Å². The number of benzene rings is 2. The molecule has 2 nitrogen and oxygen atoms in total. The van der Waals surface area contributed by atoms with Gasteiger partial charge in [-0.25, -0.2) is 4.39 Å². The van der Waals surface area contributed by atoms with Gasteiger partial charge >= 0.3 is 0 Å². The minimum atomic E-state index is -0.260. The molecule has 0 fully saturated rings. The van der Waals surface area contributed by atoms with E-state index in [1.54, 1.807) is 24.3 Å². The van der Waals surface area contributed by atoms with Crippen LogP contribution in [0.5, 0.6) is 0 Å². The van der Waals surface area contributed by atoms with E-state index in [9.17, 15) is 4.39 Å². The van der Waals surface area contributed by atoms with Crippen molar-refractivity contribution in [1.29, 1.82) is 5.26 Å². The molecule has 0 bridgehead atoms. The van der Waals surface area contributed by atoms with Gasteiger partial charge in [-0.15, -0.1) is 0 Å². The molecule has 0 saturated carbocycles. The van der Waals surface area contributed by atoms with Gasteiger partial charge in [0, 0.05) is 20.2 Å². The maximum Gasteiger partial charge on any atom is 0.129 e. The van der Waals surface area contributed by atoms with Gasteiger partial charge in [-0.2, -0.15) is 5.26 Å². The van der Waals surface area contributed by atoms with Crippen LogP contribution in [0.15, 0.2) is 45.3 Å². The molecule has 0 spiro atoms. The van der Waals surface area contributed by atoms with E-state index in [0.29, 0.717) is 15.6 Å². The van der Waals surface area contributed by atoms with Gasteiger partial charge in [-0.05, 0) is 53.2 Å². The summed E-state index contributed by atoms with van der Waals surface area (Å²) >= 11 is 6.65. The number of halogens is 3. The molecule has 2 aromatic rings. The lowest BCUT2D eigenvalue weighted by molar-refractivity contribution is 0.599. The average Bonchev–Trinajstić information content (AvgIpc) is 2.40. The third-order valence-corrected chi connectivity index (χ3v) is 4.05. The van der Waals surface area contributed by atoms with Crippen LogP contribution in [0.25, 0.3) is 0 Å². The van der Waals surface area contributed by atoms with Gasteiger partial charge in [-0.3, -0.25) is 0 Å². The monoisotopic (exact) mass is 396 g/mol. The molecular weight excluding hydrogens is 387 g/mol. The summed E-state index contributed by atoms with van der Waals surface area (Å²) in [5.41, 5.74) is 1.98. The lowest BCUT2D eigenvalue weighted by Crippen LogP contribution is -2.09. The Balaban J connectivity index is 2.23. The van der Waals surface area contributed by atoms with Crippen LogP contribution in [0.1, 0.15) is 24.1 Å². The summed E-state index contributed by atoms with van der Waals surface area (Å²) in [6.45, 7) is 1.89. The quantitative estimate of drug-likeness (QED) is 0.752. The summed E-state index contributed by atoms with van der Waals surface area (Å²) in [5, 5.41) is 12.1. The molecule has 0 saturated heterocycles. The van der Waals surface area contributed by atoms with Gasteiger partial charge in [0.1, 0.15) is 5.82 Å². The van der Waals surface area contributed by atoms with Crippen molar-refractivity contribution in [2.45, 2.75) is 13.0 Å². The van der Waals surface area contributed by atoms with E-state index in [2.05, 4.69) is 43.2 Å². The highest BCUT2D eigenvalue weighted by atomic mass is 79.9. The Kier molecular flexibility index (Phi) is 4.79. The number of nitrogens with zero attached hydrogens (tertiary/aromatic N) is 1. The predicted octanol–water partition coefficient (Wildman–Crippen LogP) is 5.40. The van der Waals surface area contributed by atoms with Crippen molar-refractivity contribution in [1.82, 2.24) is 0 Å². The molecule has 0 aliphatic rings. The summed E-state index contributed by atoms with van der Waals surface area (Å²) in [4.78, 5) is 0. The fourth-order valence-electron chi connectivity index (χ4n) is 1.87. The third kappa shape index (κ3) is 3.38. The maximum absolute atomic E-state index is 13.9. The van der Waals surface area contributed by atoms with Crippen LogP contribution in [0.3, 0.4) is 0 Å². The number of rotatable bonds is 3. The molecular formula is C15H11Br2FN2. The van der Waals surface area contributed by atoms with Crippen LogP contribution in [-0.4, -0.2) is 0 Å². The summed E-state index contributed by atoms with van der Waals surface area (Å²) in [5.74, 6) is -0.260. The molecule has 0 aliphatic heterocycles. The van der Waals surface area contributed by atoms with E-state index >= 15 is 0 Å². The van der Waals surface area contributed by atoms with E-state index < -0.39 is 0 Å². The van der Waals surface area contributed by atoms with Crippen LogP contribution in [0, 0.1) is 17.1 Å². The summed E-state index contributed by atoms with van der Waals surface area (Å²) < 4.78 is 15.4. The van der Waals surface area contributed by atoms with Crippen molar-refractivity contribution in [2.75, 3.05) is 5.32 Å². The van der Waals surface area contributed by atoms with E-state index in [4.69, 9.17) is 5.26 Å². The Labute approximate surface area is 133 Å². The zero-order valence-electron chi connectivity index (χ0n) is 10.6. The Bertz CT molecular complexity index is 680. The van der Waals surface area contributed by atoms with Gasteiger partial charge in [0.15, 0.2) is 0 Å². The van der Waals surface area contributed by atoms with Crippen molar-refractivity contribution >= 4 is 37.5 Å². The number of anilines is 1. The molecule has 1 unspecified atom stereocenters. The van der Waals surface area contributed by atoms with Crippen molar-refractivity contribution in [3.05, 3.63) is 62.3 Å².